The smallest absolute Gasteiger partial charge is 0.312 e. The maximum absolute atomic E-state index is 13.1. The van der Waals surface area contributed by atoms with Gasteiger partial charge in [-0.3, -0.25) is 14.2 Å². The average Bonchev–Trinajstić information content (AvgIpc) is 3.10. The van der Waals surface area contributed by atoms with Crippen LogP contribution < -0.4 is 10.1 Å². The summed E-state index contributed by atoms with van der Waals surface area (Å²) in [4.78, 5) is 30.2. The summed E-state index contributed by atoms with van der Waals surface area (Å²) in [6, 6.07) is 8.28. The number of nitrogens with zero attached hydrogens (tertiary/aromatic N) is 2. The standard InChI is InChI=1S/C24H31N3O4/c1-4-11-27-20-10-8-7-9-18(20)26-23(27)31-17-12-19(25-15-17)21(28)14-24(13-16(24)5-2)22(29)30-6-3/h4,7-10,16-17,19,25H,1,5-6,11-15H2,2-3H3/p+1/t16-,17-,19+,24-/m1/s1. The van der Waals surface area contributed by atoms with Crippen LogP contribution in [0.1, 0.15) is 39.5 Å². The Labute approximate surface area is 182 Å². The Morgan fingerprint density at radius 2 is 2.16 bits per heavy atom. The second-order valence-electron chi connectivity index (χ2n) is 8.66. The van der Waals surface area contributed by atoms with E-state index in [0.29, 0.717) is 32.1 Å². The number of carbonyl (C=O) groups excluding carboxylic acids is 2. The molecule has 2 aliphatic rings. The van der Waals surface area contributed by atoms with Crippen molar-refractivity contribution < 1.29 is 24.4 Å². The molecule has 0 radical (unpaired) electrons. The SMILES string of the molecule is C=CCn1c(O[C@H]2C[NH2+][C@H](C(=O)C[C@]3(C(=O)OCC)C[C@H]3CC)C2)nc2ccccc21. The molecule has 2 heterocycles. The van der Waals surface area contributed by atoms with Gasteiger partial charge in [0.15, 0.2) is 11.9 Å². The van der Waals surface area contributed by atoms with Gasteiger partial charge in [-0.25, -0.2) is 0 Å². The molecule has 1 saturated heterocycles. The number of allylic oxidation sites excluding steroid dienone is 1. The molecule has 1 aliphatic carbocycles. The third-order valence-corrected chi connectivity index (χ3v) is 6.71. The molecule has 4 rings (SSSR count). The van der Waals surface area contributed by atoms with Crippen molar-refractivity contribution in [3.63, 3.8) is 0 Å². The second kappa shape index (κ2) is 8.83. The van der Waals surface area contributed by atoms with Gasteiger partial charge in [0.1, 0.15) is 12.6 Å². The minimum atomic E-state index is -0.605. The molecule has 0 unspecified atom stereocenters. The first-order chi connectivity index (χ1) is 15.0. The number of ether oxygens (including phenoxy) is 2. The molecule has 0 bridgehead atoms. The third-order valence-electron chi connectivity index (χ3n) is 6.71. The molecule has 0 spiro atoms. The molecule has 2 aromatic rings. The van der Waals surface area contributed by atoms with E-state index in [0.717, 1.165) is 23.9 Å². The van der Waals surface area contributed by atoms with Crippen molar-refractivity contribution in [3.05, 3.63) is 36.9 Å². The fraction of sp³-hybridized carbons (Fsp3) is 0.542. The number of aromatic nitrogens is 2. The third kappa shape index (κ3) is 4.11. The highest BCUT2D eigenvalue weighted by atomic mass is 16.5. The van der Waals surface area contributed by atoms with Crippen molar-refractivity contribution in [2.45, 2.75) is 58.2 Å². The summed E-state index contributed by atoms with van der Waals surface area (Å²) in [5.74, 6) is 0.164. The van der Waals surface area contributed by atoms with Crippen LogP contribution in [0.2, 0.25) is 0 Å². The number of imidazole rings is 1. The highest BCUT2D eigenvalue weighted by molar-refractivity contribution is 5.91. The van der Waals surface area contributed by atoms with Crippen molar-refractivity contribution in [2.24, 2.45) is 11.3 Å². The van der Waals surface area contributed by atoms with Crippen LogP contribution in [0.25, 0.3) is 11.0 Å². The predicted octanol–water partition coefficient (Wildman–Crippen LogP) is 2.24. The van der Waals surface area contributed by atoms with E-state index in [1.54, 1.807) is 0 Å². The van der Waals surface area contributed by atoms with E-state index < -0.39 is 5.41 Å². The number of Topliss-reactive ketones (excluding diaryl/α,β-unsaturated/α-hetero) is 1. The number of carbonyl (C=O) groups is 2. The molecule has 1 saturated carbocycles. The van der Waals surface area contributed by atoms with E-state index in [4.69, 9.17) is 9.47 Å². The van der Waals surface area contributed by atoms with Gasteiger partial charge in [0.2, 0.25) is 0 Å². The molecule has 31 heavy (non-hydrogen) atoms. The zero-order chi connectivity index (χ0) is 22.0. The van der Waals surface area contributed by atoms with Crippen molar-refractivity contribution in [2.75, 3.05) is 13.2 Å². The minimum Gasteiger partial charge on any atom is -0.466 e. The normalized spacial score (nSPS) is 27.2. The molecular weight excluding hydrogens is 394 g/mol. The number of ketones is 1. The first kappa shape index (κ1) is 21.6. The Balaban J connectivity index is 1.41. The molecule has 2 N–H and O–H groups in total. The number of nitrogens with two attached hydrogens (primary N) is 1. The van der Waals surface area contributed by atoms with Gasteiger partial charge in [0.05, 0.1) is 23.1 Å². The second-order valence-corrected chi connectivity index (χ2v) is 8.66. The van der Waals surface area contributed by atoms with Crippen LogP contribution in [-0.2, 0) is 20.9 Å². The maximum atomic E-state index is 13.1. The number of fused-ring (bicyclic) bond motifs is 1. The van der Waals surface area contributed by atoms with Gasteiger partial charge in [0.25, 0.3) is 6.01 Å². The summed E-state index contributed by atoms with van der Waals surface area (Å²) in [5, 5.41) is 2.04. The van der Waals surface area contributed by atoms with Crippen LogP contribution in [0.3, 0.4) is 0 Å². The van der Waals surface area contributed by atoms with Crippen LogP contribution in [0, 0.1) is 11.3 Å². The van der Waals surface area contributed by atoms with Gasteiger partial charge in [-0.2, -0.15) is 4.98 Å². The average molecular weight is 427 g/mol. The first-order valence-corrected chi connectivity index (χ1v) is 11.3. The number of rotatable bonds is 10. The van der Waals surface area contributed by atoms with E-state index in [-0.39, 0.29) is 36.2 Å². The van der Waals surface area contributed by atoms with Gasteiger partial charge < -0.3 is 14.8 Å². The largest absolute Gasteiger partial charge is 0.466 e. The number of para-hydroxylation sites is 2. The Morgan fingerprint density at radius 1 is 1.35 bits per heavy atom. The van der Waals surface area contributed by atoms with Crippen LogP contribution in [-0.4, -0.2) is 46.6 Å². The molecule has 1 aromatic carbocycles. The maximum Gasteiger partial charge on any atom is 0.312 e. The van der Waals surface area contributed by atoms with Crippen molar-refractivity contribution in [3.8, 4) is 6.01 Å². The van der Waals surface area contributed by atoms with Crippen molar-refractivity contribution in [1.29, 1.82) is 0 Å². The summed E-state index contributed by atoms with van der Waals surface area (Å²) < 4.78 is 13.5. The zero-order valence-corrected chi connectivity index (χ0v) is 18.4. The Morgan fingerprint density at radius 3 is 2.87 bits per heavy atom. The molecule has 1 aromatic heterocycles. The van der Waals surface area contributed by atoms with E-state index in [1.807, 2.05) is 47.1 Å². The van der Waals surface area contributed by atoms with Gasteiger partial charge in [0, 0.05) is 19.4 Å². The van der Waals surface area contributed by atoms with Crippen LogP contribution in [0.4, 0.5) is 0 Å². The lowest BCUT2D eigenvalue weighted by molar-refractivity contribution is -0.659. The number of hydrogen-bond acceptors (Lipinski definition) is 5. The lowest BCUT2D eigenvalue weighted by atomic mass is 9.92. The van der Waals surface area contributed by atoms with Crippen molar-refractivity contribution in [1.82, 2.24) is 9.55 Å². The fourth-order valence-electron chi connectivity index (χ4n) is 4.92. The minimum absolute atomic E-state index is 0.103. The summed E-state index contributed by atoms with van der Waals surface area (Å²) in [5.41, 5.74) is 1.28. The number of quaternary nitrogens is 1. The lowest BCUT2D eigenvalue weighted by Crippen LogP contribution is -2.89. The van der Waals surface area contributed by atoms with E-state index in [2.05, 4.69) is 18.5 Å². The summed E-state index contributed by atoms with van der Waals surface area (Å²) in [6.45, 7) is 9.36. The highest BCUT2D eigenvalue weighted by Gasteiger charge is 2.61. The van der Waals surface area contributed by atoms with Crippen LogP contribution in [0.5, 0.6) is 6.01 Å². The molecule has 166 valence electrons. The van der Waals surface area contributed by atoms with Gasteiger partial charge >= 0.3 is 5.97 Å². The van der Waals surface area contributed by atoms with E-state index in [1.165, 1.54) is 0 Å². The predicted molar refractivity (Wildman–Crippen MR) is 117 cm³/mol. The monoisotopic (exact) mass is 426 g/mol. The van der Waals surface area contributed by atoms with Crippen molar-refractivity contribution >= 4 is 22.8 Å². The Kier molecular flexibility index (Phi) is 6.14. The molecule has 2 fully saturated rings. The van der Waals surface area contributed by atoms with Crippen LogP contribution in [0.15, 0.2) is 36.9 Å². The van der Waals surface area contributed by atoms with Gasteiger partial charge in [-0.15, -0.1) is 6.58 Å². The topological polar surface area (TPSA) is 87.0 Å². The molecular formula is C24H32N3O4+. The quantitative estimate of drug-likeness (QED) is 0.465. The molecule has 4 atom stereocenters. The highest BCUT2D eigenvalue weighted by Crippen LogP contribution is 2.58. The molecule has 7 nitrogen and oxygen atoms in total. The summed E-state index contributed by atoms with van der Waals surface area (Å²) in [7, 11) is 0. The summed E-state index contributed by atoms with van der Waals surface area (Å²) >= 11 is 0. The molecule has 0 amide bonds. The van der Waals surface area contributed by atoms with E-state index >= 15 is 0 Å². The Hall–Kier alpha value is -2.67. The van der Waals surface area contributed by atoms with Crippen LogP contribution >= 0.6 is 0 Å². The fourth-order valence-corrected chi connectivity index (χ4v) is 4.92. The summed E-state index contributed by atoms with van der Waals surface area (Å²) in [6.07, 6.45) is 4.26. The molecule has 1 aliphatic heterocycles. The van der Waals surface area contributed by atoms with E-state index in [9.17, 15) is 9.59 Å². The number of hydrogen-bond donors (Lipinski definition) is 1. The van der Waals surface area contributed by atoms with Gasteiger partial charge in [-0.05, 0) is 31.4 Å². The zero-order valence-electron chi connectivity index (χ0n) is 18.4. The molecule has 7 heteroatoms. The first-order valence-electron chi connectivity index (χ1n) is 11.3. The number of esters is 1. The van der Waals surface area contributed by atoms with Gasteiger partial charge in [-0.1, -0.05) is 31.6 Å². The Bertz CT molecular complexity index is 984. The number of benzene rings is 1. The lowest BCUT2D eigenvalue weighted by Gasteiger charge is -2.16.